The molecule has 1 rings (SSSR count). The summed E-state index contributed by atoms with van der Waals surface area (Å²) in [7, 11) is 0. The van der Waals surface area contributed by atoms with Gasteiger partial charge in [0.2, 0.25) is 0 Å². The Hall–Kier alpha value is -1.08. The second-order valence-corrected chi connectivity index (χ2v) is 3.18. The zero-order valence-corrected chi connectivity index (χ0v) is 7.46. The number of hydrogen-bond acceptors (Lipinski definition) is 1. The lowest BCUT2D eigenvalue weighted by Crippen LogP contribution is -2.09. The van der Waals surface area contributed by atoms with Gasteiger partial charge in [0.15, 0.2) is 0 Å². The smallest absolute Gasteiger partial charge is 0.0332 e. The normalized spacial score (nSPS) is 12.5. The average Bonchev–Trinajstić information content (AvgIpc) is 2.05. The summed E-state index contributed by atoms with van der Waals surface area (Å²) in [5.41, 5.74) is 8.25. The van der Waals surface area contributed by atoms with E-state index in [-0.39, 0.29) is 6.04 Å². The fourth-order valence-corrected chi connectivity index (χ4v) is 1.19. The van der Waals surface area contributed by atoms with E-state index in [9.17, 15) is 0 Å². The molecule has 0 aliphatic heterocycles. The first-order chi connectivity index (χ1) is 5.70. The van der Waals surface area contributed by atoms with Gasteiger partial charge < -0.3 is 5.73 Å². The lowest BCUT2D eigenvalue weighted by atomic mass is 10.0. The van der Waals surface area contributed by atoms with E-state index in [0.29, 0.717) is 0 Å². The van der Waals surface area contributed by atoms with Gasteiger partial charge in [-0.25, -0.2) is 0 Å². The third kappa shape index (κ3) is 2.51. The van der Waals surface area contributed by atoms with Crippen LogP contribution < -0.4 is 5.73 Å². The van der Waals surface area contributed by atoms with E-state index < -0.39 is 0 Å². The molecular weight excluding hydrogens is 146 g/mol. The summed E-state index contributed by atoms with van der Waals surface area (Å²) in [6, 6.07) is 10.2. The Kier molecular flexibility index (Phi) is 3.06. The van der Waals surface area contributed by atoms with Crippen molar-refractivity contribution < 1.29 is 0 Å². The maximum atomic E-state index is 5.94. The second kappa shape index (κ2) is 4.07. The SMILES string of the molecule is C=C(C)CC(N)c1ccccc1. The van der Waals surface area contributed by atoms with Gasteiger partial charge in [-0.3, -0.25) is 0 Å². The molecule has 64 valence electrons. The molecule has 1 aromatic carbocycles. The van der Waals surface area contributed by atoms with E-state index in [1.165, 1.54) is 5.56 Å². The summed E-state index contributed by atoms with van der Waals surface area (Å²) in [5, 5.41) is 0. The molecule has 0 saturated carbocycles. The molecule has 0 saturated heterocycles. The van der Waals surface area contributed by atoms with Crippen molar-refractivity contribution in [1.29, 1.82) is 0 Å². The fraction of sp³-hybridized carbons (Fsp3) is 0.273. The van der Waals surface area contributed by atoms with Gasteiger partial charge in [-0.2, -0.15) is 0 Å². The lowest BCUT2D eigenvalue weighted by Gasteiger charge is -2.10. The summed E-state index contributed by atoms with van der Waals surface area (Å²) >= 11 is 0. The van der Waals surface area contributed by atoms with Crippen LogP contribution in [0.1, 0.15) is 24.9 Å². The van der Waals surface area contributed by atoms with Crippen molar-refractivity contribution in [3.05, 3.63) is 48.0 Å². The van der Waals surface area contributed by atoms with Gasteiger partial charge in [-0.1, -0.05) is 35.9 Å². The fourth-order valence-electron chi connectivity index (χ4n) is 1.19. The molecule has 0 aromatic heterocycles. The quantitative estimate of drug-likeness (QED) is 0.678. The van der Waals surface area contributed by atoms with Crippen LogP contribution in [0.4, 0.5) is 0 Å². The Labute approximate surface area is 73.9 Å². The molecule has 0 bridgehead atoms. The predicted molar refractivity (Wildman–Crippen MR) is 52.8 cm³/mol. The largest absolute Gasteiger partial charge is 0.324 e. The molecule has 12 heavy (non-hydrogen) atoms. The summed E-state index contributed by atoms with van der Waals surface area (Å²) in [6.45, 7) is 5.84. The summed E-state index contributed by atoms with van der Waals surface area (Å²) in [6.07, 6.45) is 0.865. The van der Waals surface area contributed by atoms with Crippen molar-refractivity contribution in [3.63, 3.8) is 0 Å². The second-order valence-electron chi connectivity index (χ2n) is 3.18. The number of benzene rings is 1. The highest BCUT2D eigenvalue weighted by molar-refractivity contribution is 5.19. The van der Waals surface area contributed by atoms with Gasteiger partial charge in [0, 0.05) is 6.04 Å². The van der Waals surface area contributed by atoms with Crippen LogP contribution in [0.3, 0.4) is 0 Å². The van der Waals surface area contributed by atoms with E-state index in [1.807, 2.05) is 37.3 Å². The first-order valence-electron chi connectivity index (χ1n) is 4.15. The van der Waals surface area contributed by atoms with Crippen molar-refractivity contribution in [1.82, 2.24) is 0 Å². The lowest BCUT2D eigenvalue weighted by molar-refractivity contribution is 0.717. The number of hydrogen-bond donors (Lipinski definition) is 1. The molecule has 1 aromatic rings. The van der Waals surface area contributed by atoms with E-state index >= 15 is 0 Å². The Morgan fingerprint density at radius 1 is 1.42 bits per heavy atom. The Bertz CT molecular complexity index is 251. The van der Waals surface area contributed by atoms with E-state index in [4.69, 9.17) is 5.73 Å². The van der Waals surface area contributed by atoms with Crippen molar-refractivity contribution in [2.45, 2.75) is 19.4 Å². The molecule has 1 unspecified atom stereocenters. The Balaban J connectivity index is 2.65. The average molecular weight is 161 g/mol. The monoisotopic (exact) mass is 161 g/mol. The summed E-state index contributed by atoms with van der Waals surface area (Å²) in [5.74, 6) is 0. The molecule has 0 aliphatic carbocycles. The van der Waals surface area contributed by atoms with Crippen molar-refractivity contribution in [2.75, 3.05) is 0 Å². The molecule has 0 fully saturated rings. The van der Waals surface area contributed by atoms with Gasteiger partial charge in [-0.15, -0.1) is 6.58 Å². The summed E-state index contributed by atoms with van der Waals surface area (Å²) in [4.78, 5) is 0. The van der Waals surface area contributed by atoms with E-state index in [1.54, 1.807) is 0 Å². The summed E-state index contributed by atoms with van der Waals surface area (Å²) < 4.78 is 0. The minimum Gasteiger partial charge on any atom is -0.324 e. The first kappa shape index (κ1) is 9.01. The number of nitrogens with two attached hydrogens (primary N) is 1. The van der Waals surface area contributed by atoms with Crippen LogP contribution in [0.25, 0.3) is 0 Å². The van der Waals surface area contributed by atoms with Crippen molar-refractivity contribution >= 4 is 0 Å². The third-order valence-electron chi connectivity index (χ3n) is 1.80. The van der Waals surface area contributed by atoms with Crippen LogP contribution in [0.15, 0.2) is 42.5 Å². The molecule has 0 amide bonds. The minimum atomic E-state index is 0.101. The highest BCUT2D eigenvalue weighted by atomic mass is 14.6. The zero-order valence-electron chi connectivity index (χ0n) is 7.46. The molecular formula is C11H15N. The molecule has 0 radical (unpaired) electrons. The molecule has 0 heterocycles. The van der Waals surface area contributed by atoms with Gasteiger partial charge in [-0.05, 0) is 18.9 Å². The maximum absolute atomic E-state index is 5.94. The molecule has 0 spiro atoms. The van der Waals surface area contributed by atoms with Gasteiger partial charge in [0.25, 0.3) is 0 Å². The Morgan fingerprint density at radius 3 is 2.50 bits per heavy atom. The van der Waals surface area contributed by atoms with E-state index in [0.717, 1.165) is 12.0 Å². The van der Waals surface area contributed by atoms with Crippen molar-refractivity contribution in [3.8, 4) is 0 Å². The molecule has 1 atom stereocenters. The van der Waals surface area contributed by atoms with Gasteiger partial charge in [0.05, 0.1) is 0 Å². The van der Waals surface area contributed by atoms with Gasteiger partial charge >= 0.3 is 0 Å². The molecule has 1 nitrogen and oxygen atoms in total. The van der Waals surface area contributed by atoms with Crippen LogP contribution >= 0.6 is 0 Å². The molecule has 1 heteroatoms. The predicted octanol–water partition coefficient (Wildman–Crippen LogP) is 2.65. The highest BCUT2D eigenvalue weighted by Crippen LogP contribution is 2.16. The number of rotatable bonds is 3. The standard InChI is InChI=1S/C11H15N/c1-9(2)8-11(12)10-6-4-3-5-7-10/h3-7,11H,1,8,12H2,2H3. The molecule has 0 aliphatic rings. The highest BCUT2D eigenvalue weighted by Gasteiger charge is 2.03. The van der Waals surface area contributed by atoms with Crippen LogP contribution in [0.2, 0.25) is 0 Å². The maximum Gasteiger partial charge on any atom is 0.0332 e. The van der Waals surface area contributed by atoms with Crippen LogP contribution in [0.5, 0.6) is 0 Å². The minimum absolute atomic E-state index is 0.101. The first-order valence-corrected chi connectivity index (χ1v) is 4.15. The van der Waals surface area contributed by atoms with Crippen LogP contribution in [-0.2, 0) is 0 Å². The van der Waals surface area contributed by atoms with Crippen LogP contribution in [0, 0.1) is 0 Å². The third-order valence-corrected chi connectivity index (χ3v) is 1.80. The van der Waals surface area contributed by atoms with E-state index in [2.05, 4.69) is 6.58 Å². The zero-order chi connectivity index (χ0) is 8.97. The van der Waals surface area contributed by atoms with Crippen molar-refractivity contribution in [2.24, 2.45) is 5.73 Å². The Morgan fingerprint density at radius 2 is 2.00 bits per heavy atom. The van der Waals surface area contributed by atoms with Crippen LogP contribution in [-0.4, -0.2) is 0 Å². The topological polar surface area (TPSA) is 26.0 Å². The molecule has 2 N–H and O–H groups in total. The van der Waals surface area contributed by atoms with Gasteiger partial charge in [0.1, 0.15) is 0 Å².